The molecule has 178 valence electrons. The molecule has 3 amide bonds. The molecule has 1 fully saturated rings. The minimum Gasteiger partial charge on any atom is -0.346 e. The first kappa shape index (κ1) is 22.8. The van der Waals surface area contributed by atoms with Crippen LogP contribution in [0.15, 0.2) is 72.8 Å². The first-order valence-electron chi connectivity index (χ1n) is 12.1. The Hall–Kier alpha value is -3.93. The number of nitrogens with zero attached hydrogens (tertiary/aromatic N) is 2. The van der Waals surface area contributed by atoms with Crippen molar-refractivity contribution in [2.75, 3.05) is 11.4 Å². The van der Waals surface area contributed by atoms with Gasteiger partial charge in [-0.05, 0) is 62.1 Å². The molecule has 0 unspecified atom stereocenters. The lowest BCUT2D eigenvalue weighted by atomic mass is 10.1. The zero-order valence-corrected chi connectivity index (χ0v) is 20.0. The average molecular weight is 468 g/mol. The van der Waals surface area contributed by atoms with Crippen LogP contribution in [-0.4, -0.2) is 35.2 Å². The number of nitrogens with one attached hydrogen (secondary N) is 1. The van der Waals surface area contributed by atoms with Crippen molar-refractivity contribution in [3.05, 3.63) is 101 Å². The Balaban J connectivity index is 1.33. The number of benzene rings is 3. The van der Waals surface area contributed by atoms with E-state index in [-0.39, 0.29) is 23.8 Å². The number of para-hydroxylation sites is 1. The molecule has 2 atom stereocenters. The molecule has 0 aromatic heterocycles. The number of hydrogen-bond donors (Lipinski definition) is 1. The number of rotatable bonds is 5. The van der Waals surface area contributed by atoms with E-state index in [4.69, 9.17) is 0 Å². The third kappa shape index (κ3) is 4.44. The van der Waals surface area contributed by atoms with Gasteiger partial charge in [-0.15, -0.1) is 0 Å². The van der Waals surface area contributed by atoms with Gasteiger partial charge in [0.15, 0.2) is 0 Å². The van der Waals surface area contributed by atoms with Gasteiger partial charge in [0.05, 0.1) is 23.8 Å². The van der Waals surface area contributed by atoms with Gasteiger partial charge in [-0.25, -0.2) is 0 Å². The smallest absolute Gasteiger partial charge is 0.256 e. The van der Waals surface area contributed by atoms with Crippen LogP contribution >= 0.6 is 0 Å². The second-order valence-electron chi connectivity index (χ2n) is 9.40. The zero-order chi connectivity index (χ0) is 24.5. The van der Waals surface area contributed by atoms with E-state index in [0.29, 0.717) is 36.3 Å². The van der Waals surface area contributed by atoms with E-state index in [1.54, 1.807) is 28.0 Å². The molecule has 1 N–H and O–H groups in total. The number of hydrogen-bond acceptors (Lipinski definition) is 3. The van der Waals surface area contributed by atoms with Crippen LogP contribution in [0, 0.1) is 6.92 Å². The van der Waals surface area contributed by atoms with Gasteiger partial charge in [-0.2, -0.15) is 0 Å². The summed E-state index contributed by atoms with van der Waals surface area (Å²) in [5, 5.41) is 3.04. The highest BCUT2D eigenvalue weighted by molar-refractivity contribution is 6.11. The summed E-state index contributed by atoms with van der Waals surface area (Å²) in [6, 6.07) is 22.2. The summed E-state index contributed by atoms with van der Waals surface area (Å²) in [5.41, 5.74) is 4.90. The molecule has 6 heteroatoms. The van der Waals surface area contributed by atoms with Crippen LogP contribution in [0.25, 0.3) is 0 Å². The monoisotopic (exact) mass is 467 g/mol. The van der Waals surface area contributed by atoms with Gasteiger partial charge in [-0.3, -0.25) is 14.4 Å². The molecule has 5 rings (SSSR count). The summed E-state index contributed by atoms with van der Waals surface area (Å²) in [6.07, 6.45) is 1.52. The first-order chi connectivity index (χ1) is 16.9. The number of aryl methyl sites for hydroxylation is 1. The highest BCUT2D eigenvalue weighted by Crippen LogP contribution is 2.33. The van der Waals surface area contributed by atoms with Gasteiger partial charge in [0.1, 0.15) is 6.04 Å². The molecule has 2 aliphatic heterocycles. The number of carbonyl (C=O) groups excluding carboxylic acids is 3. The maximum atomic E-state index is 13.5. The Labute approximate surface area is 205 Å². The summed E-state index contributed by atoms with van der Waals surface area (Å²) in [7, 11) is 0. The number of anilines is 1. The second-order valence-corrected chi connectivity index (χ2v) is 9.40. The topological polar surface area (TPSA) is 69.7 Å². The lowest BCUT2D eigenvalue weighted by Gasteiger charge is -2.26. The average Bonchev–Trinajstić information content (AvgIpc) is 3.35. The van der Waals surface area contributed by atoms with Gasteiger partial charge in [0.25, 0.3) is 11.8 Å². The third-order valence-electron chi connectivity index (χ3n) is 6.97. The van der Waals surface area contributed by atoms with E-state index in [0.717, 1.165) is 17.5 Å². The highest BCUT2D eigenvalue weighted by Gasteiger charge is 2.41. The van der Waals surface area contributed by atoms with Crippen LogP contribution in [0.5, 0.6) is 0 Å². The summed E-state index contributed by atoms with van der Waals surface area (Å²) >= 11 is 0. The molecule has 0 bridgehead atoms. The molecular formula is C29H29N3O3. The fourth-order valence-electron chi connectivity index (χ4n) is 4.94. The molecule has 2 heterocycles. The van der Waals surface area contributed by atoms with Crippen LogP contribution in [0.2, 0.25) is 0 Å². The van der Waals surface area contributed by atoms with E-state index >= 15 is 0 Å². The molecule has 0 radical (unpaired) electrons. The van der Waals surface area contributed by atoms with Gasteiger partial charge >= 0.3 is 0 Å². The predicted octanol–water partition coefficient (Wildman–Crippen LogP) is 4.64. The van der Waals surface area contributed by atoms with E-state index < -0.39 is 6.04 Å². The first-order valence-corrected chi connectivity index (χ1v) is 12.1. The van der Waals surface area contributed by atoms with Crippen molar-refractivity contribution in [3.63, 3.8) is 0 Å². The number of fused-ring (bicyclic) bond motifs is 2. The zero-order valence-electron chi connectivity index (χ0n) is 20.0. The Kier molecular flexibility index (Phi) is 6.12. The fourth-order valence-corrected chi connectivity index (χ4v) is 4.94. The van der Waals surface area contributed by atoms with Crippen molar-refractivity contribution in [1.29, 1.82) is 0 Å². The molecule has 0 aliphatic carbocycles. The molecule has 3 aromatic carbocycles. The molecule has 6 nitrogen and oxygen atoms in total. The maximum Gasteiger partial charge on any atom is 0.256 e. The van der Waals surface area contributed by atoms with E-state index in [2.05, 4.69) is 5.32 Å². The molecule has 1 saturated heterocycles. The maximum absolute atomic E-state index is 13.5. The number of amides is 3. The largest absolute Gasteiger partial charge is 0.346 e. The van der Waals surface area contributed by atoms with Crippen LogP contribution in [0.4, 0.5) is 5.69 Å². The van der Waals surface area contributed by atoms with Gasteiger partial charge in [-0.1, -0.05) is 54.1 Å². The van der Waals surface area contributed by atoms with Crippen LogP contribution in [-0.2, 0) is 11.3 Å². The van der Waals surface area contributed by atoms with E-state index in [9.17, 15) is 14.4 Å². The van der Waals surface area contributed by atoms with Crippen molar-refractivity contribution in [2.24, 2.45) is 0 Å². The van der Waals surface area contributed by atoms with Crippen molar-refractivity contribution in [1.82, 2.24) is 10.2 Å². The van der Waals surface area contributed by atoms with E-state index in [1.165, 1.54) is 5.56 Å². The Bertz CT molecular complexity index is 1270. The van der Waals surface area contributed by atoms with Crippen LogP contribution < -0.4 is 10.2 Å². The van der Waals surface area contributed by atoms with Crippen molar-refractivity contribution >= 4 is 23.4 Å². The molecule has 35 heavy (non-hydrogen) atoms. The Morgan fingerprint density at radius 3 is 2.46 bits per heavy atom. The molecule has 3 aromatic rings. The lowest BCUT2D eigenvalue weighted by molar-refractivity contribution is -0.122. The molecular weight excluding hydrogens is 438 g/mol. The minimum atomic E-state index is -0.414. The normalized spacial score (nSPS) is 18.1. The SMILES string of the molecule is Cc1ccc([C@H](C)NC(=O)c2ccc(CN3C(=O)[C@H]4CCCN4C(=O)c4ccccc43)cc2)cc1. The molecule has 2 aliphatic rings. The Morgan fingerprint density at radius 1 is 1.00 bits per heavy atom. The fraction of sp³-hybridized carbons (Fsp3) is 0.276. The predicted molar refractivity (Wildman–Crippen MR) is 135 cm³/mol. The molecule has 0 spiro atoms. The molecule has 0 saturated carbocycles. The van der Waals surface area contributed by atoms with Crippen LogP contribution in [0.3, 0.4) is 0 Å². The van der Waals surface area contributed by atoms with Gasteiger partial charge in [0, 0.05) is 12.1 Å². The third-order valence-corrected chi connectivity index (χ3v) is 6.97. The standard InChI is InChI=1S/C29H29N3O3/c1-19-9-13-22(14-10-19)20(2)30-27(33)23-15-11-21(12-16-23)18-32-25-7-4-3-6-24(25)28(34)31-17-5-8-26(31)29(32)35/h3-4,6-7,9-16,20,26H,5,8,17-18H2,1-2H3,(H,30,33)/t20-,26+/m0/s1. The minimum absolute atomic E-state index is 0.0467. The lowest BCUT2D eigenvalue weighted by Crippen LogP contribution is -2.44. The Morgan fingerprint density at radius 2 is 1.71 bits per heavy atom. The van der Waals surface area contributed by atoms with E-state index in [1.807, 2.05) is 68.4 Å². The van der Waals surface area contributed by atoms with Crippen molar-refractivity contribution in [3.8, 4) is 0 Å². The van der Waals surface area contributed by atoms with Gasteiger partial charge < -0.3 is 15.1 Å². The van der Waals surface area contributed by atoms with Crippen molar-refractivity contribution < 1.29 is 14.4 Å². The summed E-state index contributed by atoms with van der Waals surface area (Å²) in [4.78, 5) is 42.8. The summed E-state index contributed by atoms with van der Waals surface area (Å²) in [5.74, 6) is -0.267. The van der Waals surface area contributed by atoms with Crippen LogP contribution in [0.1, 0.15) is 63.2 Å². The summed E-state index contributed by atoms with van der Waals surface area (Å²) < 4.78 is 0. The van der Waals surface area contributed by atoms with Crippen molar-refractivity contribution in [2.45, 2.75) is 45.3 Å². The second kappa shape index (κ2) is 9.37. The summed E-state index contributed by atoms with van der Waals surface area (Å²) in [6.45, 7) is 4.96. The van der Waals surface area contributed by atoms with Gasteiger partial charge in [0.2, 0.25) is 5.91 Å². The quantitative estimate of drug-likeness (QED) is 0.595. The highest BCUT2D eigenvalue weighted by atomic mass is 16.2. The number of carbonyl (C=O) groups is 3.